The van der Waals surface area contributed by atoms with Gasteiger partial charge in [-0.1, -0.05) is 6.07 Å². The number of methoxy groups -OCH3 is 2. The Morgan fingerprint density at radius 3 is 2.34 bits per heavy atom. The highest BCUT2D eigenvalue weighted by Crippen LogP contribution is 2.27. The predicted molar refractivity (Wildman–Crippen MR) is 111 cm³/mol. The predicted octanol–water partition coefficient (Wildman–Crippen LogP) is 3.29. The summed E-state index contributed by atoms with van der Waals surface area (Å²) in [6, 6.07) is 5.68. The highest BCUT2D eigenvalue weighted by molar-refractivity contribution is 6.01. The van der Waals surface area contributed by atoms with Crippen molar-refractivity contribution in [3.8, 4) is 11.5 Å². The highest BCUT2D eigenvalue weighted by Gasteiger charge is 2.26. The van der Waals surface area contributed by atoms with Crippen LogP contribution in [0.3, 0.4) is 0 Å². The second-order valence-corrected chi connectivity index (χ2v) is 6.59. The quantitative estimate of drug-likeness (QED) is 0.651. The minimum atomic E-state index is -0.403. The normalized spacial score (nSPS) is 10.6. The number of aromatic nitrogens is 1. The third-order valence-electron chi connectivity index (χ3n) is 4.93. The van der Waals surface area contributed by atoms with Crippen LogP contribution in [0.25, 0.3) is 0 Å². The molecule has 0 aliphatic carbocycles. The molecule has 1 amide bonds. The zero-order valence-corrected chi connectivity index (χ0v) is 18.0. The summed E-state index contributed by atoms with van der Waals surface area (Å²) in [6.45, 7) is 8.67. The van der Waals surface area contributed by atoms with E-state index in [-0.39, 0.29) is 5.91 Å². The summed E-state index contributed by atoms with van der Waals surface area (Å²) in [5.74, 6) is 0.721. The third kappa shape index (κ3) is 4.72. The fraction of sp³-hybridized carbons (Fsp3) is 0.455. The summed E-state index contributed by atoms with van der Waals surface area (Å²) in [4.78, 5) is 25.2. The Kier molecular flexibility index (Phi) is 7.70. The monoisotopic (exact) mass is 402 g/mol. The largest absolute Gasteiger partial charge is 0.493 e. The Hall–Kier alpha value is -2.96. The van der Waals surface area contributed by atoms with E-state index in [0.717, 1.165) is 11.3 Å². The molecule has 1 heterocycles. The van der Waals surface area contributed by atoms with E-state index in [4.69, 9.17) is 14.2 Å². The summed E-state index contributed by atoms with van der Waals surface area (Å²) >= 11 is 0. The number of ether oxygens (including phenoxy) is 3. The van der Waals surface area contributed by atoms with Crippen LogP contribution in [0.15, 0.2) is 18.2 Å². The lowest BCUT2D eigenvalue weighted by Gasteiger charge is -2.10. The molecule has 2 rings (SSSR count). The van der Waals surface area contributed by atoms with Gasteiger partial charge in [0.05, 0.1) is 26.4 Å². The fourth-order valence-corrected chi connectivity index (χ4v) is 3.53. The van der Waals surface area contributed by atoms with Gasteiger partial charge < -0.3 is 24.1 Å². The molecule has 29 heavy (non-hydrogen) atoms. The van der Waals surface area contributed by atoms with Crippen molar-refractivity contribution in [2.75, 3.05) is 27.4 Å². The van der Waals surface area contributed by atoms with Crippen LogP contribution in [0.1, 0.15) is 51.5 Å². The van der Waals surface area contributed by atoms with E-state index in [0.29, 0.717) is 54.4 Å². The van der Waals surface area contributed by atoms with Gasteiger partial charge in [0.25, 0.3) is 5.91 Å². The molecule has 7 heteroatoms. The molecule has 0 aliphatic rings. The van der Waals surface area contributed by atoms with Crippen LogP contribution in [0.4, 0.5) is 0 Å². The molecule has 2 aromatic rings. The minimum absolute atomic E-state index is 0.196. The van der Waals surface area contributed by atoms with Gasteiger partial charge in [0, 0.05) is 18.8 Å². The Balaban J connectivity index is 2.14. The Bertz CT molecular complexity index is 886. The second kappa shape index (κ2) is 10.0. The summed E-state index contributed by atoms with van der Waals surface area (Å²) < 4.78 is 17.6. The summed E-state index contributed by atoms with van der Waals surface area (Å²) in [6.07, 6.45) is 0.642. The van der Waals surface area contributed by atoms with Crippen LogP contribution < -0.4 is 14.8 Å². The zero-order valence-electron chi connectivity index (χ0n) is 18.0. The molecule has 1 N–H and O–H groups in total. The van der Waals surface area contributed by atoms with Gasteiger partial charge in [-0.05, 0) is 57.4 Å². The van der Waals surface area contributed by atoms with Crippen molar-refractivity contribution in [3.05, 3.63) is 46.3 Å². The van der Waals surface area contributed by atoms with Crippen LogP contribution in [-0.2, 0) is 17.7 Å². The lowest BCUT2D eigenvalue weighted by Crippen LogP contribution is -2.26. The van der Waals surface area contributed by atoms with Crippen molar-refractivity contribution in [2.45, 2.75) is 40.7 Å². The first-order valence-electron chi connectivity index (χ1n) is 9.75. The average Bonchev–Trinajstić information content (AvgIpc) is 2.97. The van der Waals surface area contributed by atoms with Crippen LogP contribution in [-0.4, -0.2) is 43.8 Å². The number of nitrogens with zero attached hydrogens (tertiary/aromatic N) is 1. The lowest BCUT2D eigenvalue weighted by atomic mass is 10.1. The van der Waals surface area contributed by atoms with Crippen molar-refractivity contribution in [1.29, 1.82) is 0 Å². The molecule has 0 bridgehead atoms. The Morgan fingerprint density at radius 1 is 1.07 bits per heavy atom. The second-order valence-electron chi connectivity index (χ2n) is 6.59. The van der Waals surface area contributed by atoms with Crippen molar-refractivity contribution >= 4 is 11.9 Å². The maximum Gasteiger partial charge on any atom is 0.355 e. The molecule has 158 valence electrons. The molecule has 0 saturated heterocycles. The van der Waals surface area contributed by atoms with E-state index < -0.39 is 5.97 Å². The molecule has 1 aromatic carbocycles. The first kappa shape index (κ1) is 22.3. The molecule has 0 atom stereocenters. The molecule has 0 radical (unpaired) electrons. The SMILES string of the molecule is CCOC(=O)c1c(C)c(C(=O)NCCc2ccc(OC)c(OC)c2)c(C)n1CC. The standard InChI is InChI=1S/C22H30N2O5/c1-7-24-15(4)19(14(3)20(24)22(26)29-8-2)21(25)23-12-11-16-9-10-17(27-5)18(13-16)28-6/h9-10,13H,7-8,11-12H2,1-6H3,(H,23,25). The fourth-order valence-electron chi connectivity index (χ4n) is 3.53. The molecule has 0 unspecified atom stereocenters. The van der Waals surface area contributed by atoms with Gasteiger partial charge in [-0.3, -0.25) is 4.79 Å². The van der Waals surface area contributed by atoms with E-state index in [1.165, 1.54) is 0 Å². The first-order chi connectivity index (χ1) is 13.9. The van der Waals surface area contributed by atoms with Crippen molar-refractivity contribution < 1.29 is 23.8 Å². The number of carbonyl (C=O) groups is 2. The lowest BCUT2D eigenvalue weighted by molar-refractivity contribution is 0.0512. The summed E-state index contributed by atoms with van der Waals surface area (Å²) in [5, 5.41) is 2.95. The number of carbonyl (C=O) groups excluding carboxylic acids is 2. The van der Waals surface area contributed by atoms with Crippen molar-refractivity contribution in [1.82, 2.24) is 9.88 Å². The minimum Gasteiger partial charge on any atom is -0.493 e. The molecule has 0 saturated carbocycles. The first-order valence-corrected chi connectivity index (χ1v) is 9.75. The Morgan fingerprint density at radius 2 is 1.76 bits per heavy atom. The Labute approximate surface area is 172 Å². The van der Waals surface area contributed by atoms with Gasteiger partial charge in [-0.2, -0.15) is 0 Å². The highest BCUT2D eigenvalue weighted by atomic mass is 16.5. The van der Waals surface area contributed by atoms with Crippen LogP contribution >= 0.6 is 0 Å². The third-order valence-corrected chi connectivity index (χ3v) is 4.93. The van der Waals surface area contributed by atoms with Gasteiger partial charge in [0.2, 0.25) is 0 Å². The topological polar surface area (TPSA) is 78.8 Å². The molecule has 1 aromatic heterocycles. The number of amides is 1. The van der Waals surface area contributed by atoms with Crippen molar-refractivity contribution in [3.63, 3.8) is 0 Å². The van der Waals surface area contributed by atoms with Crippen LogP contribution in [0.5, 0.6) is 11.5 Å². The smallest absolute Gasteiger partial charge is 0.355 e. The maximum atomic E-state index is 12.8. The molecule has 0 fully saturated rings. The van der Waals surface area contributed by atoms with Gasteiger partial charge in [0.1, 0.15) is 5.69 Å². The van der Waals surface area contributed by atoms with Gasteiger partial charge >= 0.3 is 5.97 Å². The molecular formula is C22H30N2O5. The van der Waals surface area contributed by atoms with E-state index in [1.54, 1.807) is 28.1 Å². The summed E-state index contributed by atoms with van der Waals surface area (Å²) in [7, 11) is 3.18. The number of nitrogens with one attached hydrogen (secondary N) is 1. The number of hydrogen-bond donors (Lipinski definition) is 1. The van der Waals surface area contributed by atoms with E-state index in [2.05, 4.69) is 5.32 Å². The molecule has 0 aliphatic heterocycles. The van der Waals surface area contributed by atoms with Gasteiger partial charge in [-0.15, -0.1) is 0 Å². The van der Waals surface area contributed by atoms with Gasteiger partial charge in [0.15, 0.2) is 11.5 Å². The molecule has 0 spiro atoms. The maximum absolute atomic E-state index is 12.8. The van der Waals surface area contributed by atoms with Crippen molar-refractivity contribution in [2.24, 2.45) is 0 Å². The van der Waals surface area contributed by atoms with E-state index in [9.17, 15) is 9.59 Å². The zero-order chi connectivity index (χ0) is 21.6. The molecular weight excluding hydrogens is 372 g/mol. The number of benzene rings is 1. The van der Waals surface area contributed by atoms with E-state index in [1.807, 2.05) is 36.6 Å². The van der Waals surface area contributed by atoms with Gasteiger partial charge in [-0.25, -0.2) is 4.79 Å². The number of rotatable bonds is 9. The van der Waals surface area contributed by atoms with Crippen LogP contribution in [0, 0.1) is 13.8 Å². The number of esters is 1. The molecule has 7 nitrogen and oxygen atoms in total. The average molecular weight is 402 g/mol. The van der Waals surface area contributed by atoms with E-state index >= 15 is 0 Å². The summed E-state index contributed by atoms with van der Waals surface area (Å²) in [5.41, 5.74) is 3.40. The number of hydrogen-bond acceptors (Lipinski definition) is 5. The van der Waals surface area contributed by atoms with Crippen LogP contribution in [0.2, 0.25) is 0 Å².